The summed E-state index contributed by atoms with van der Waals surface area (Å²) in [6.07, 6.45) is 0.0196. The molecule has 9 heteroatoms. The second-order valence-electron chi connectivity index (χ2n) is 6.36. The minimum Gasteiger partial charge on any atom is -0.493 e. The lowest BCUT2D eigenvalue weighted by molar-refractivity contribution is -0.142. The van der Waals surface area contributed by atoms with Crippen molar-refractivity contribution in [2.75, 3.05) is 11.9 Å². The molecule has 4 rings (SSSR count). The fourth-order valence-corrected chi connectivity index (χ4v) is 2.97. The maximum absolute atomic E-state index is 12.9. The van der Waals surface area contributed by atoms with Crippen LogP contribution in [0.1, 0.15) is 16.8 Å². The molecule has 1 aliphatic rings. The zero-order chi connectivity index (χ0) is 20.4. The first-order valence-electron chi connectivity index (χ1n) is 8.73. The van der Waals surface area contributed by atoms with Gasteiger partial charge in [0.15, 0.2) is 5.69 Å². The number of ether oxygens (including phenoxy) is 1. The lowest BCUT2D eigenvalue weighted by atomic mass is 10.1. The van der Waals surface area contributed by atoms with Crippen LogP contribution in [0.5, 0.6) is 5.75 Å². The molecule has 0 saturated carbocycles. The zero-order valence-corrected chi connectivity index (χ0v) is 15.0. The monoisotopic (exact) mass is 400 g/mol. The number of halogens is 3. The number of rotatable bonds is 4. The van der Waals surface area contributed by atoms with Crippen molar-refractivity contribution in [3.05, 3.63) is 71.6 Å². The Morgan fingerprint density at radius 1 is 1.17 bits per heavy atom. The molecule has 0 aliphatic carbocycles. The van der Waals surface area contributed by atoms with Gasteiger partial charge < -0.3 is 10.1 Å². The molecule has 0 atom stereocenters. The molecule has 148 valence electrons. The van der Waals surface area contributed by atoms with Crippen molar-refractivity contribution in [2.45, 2.75) is 12.6 Å². The van der Waals surface area contributed by atoms with Crippen molar-refractivity contribution < 1.29 is 22.7 Å². The van der Waals surface area contributed by atoms with Crippen LogP contribution in [-0.2, 0) is 17.4 Å². The number of nitrogens with one attached hydrogen (secondary N) is 1. The average Bonchev–Trinajstić information content (AvgIpc) is 3.35. The van der Waals surface area contributed by atoms with Crippen molar-refractivity contribution in [2.24, 2.45) is 0 Å². The molecule has 1 aromatic heterocycles. The summed E-state index contributed by atoms with van der Waals surface area (Å²) in [6.45, 7) is 0.665. The predicted molar refractivity (Wildman–Crippen MR) is 99.7 cm³/mol. The van der Waals surface area contributed by atoms with Crippen LogP contribution >= 0.6 is 0 Å². The number of carbonyl (C=O) groups is 1. The predicted octanol–water partition coefficient (Wildman–Crippen LogP) is 3.87. The fraction of sp³-hybridized carbons (Fsp3) is 0.150. The quantitative estimate of drug-likeness (QED) is 0.675. The number of amides is 1. The number of carbonyl (C=O) groups excluding carboxylic acids is 1. The van der Waals surface area contributed by atoms with Crippen molar-refractivity contribution >= 4 is 17.7 Å². The van der Waals surface area contributed by atoms with Gasteiger partial charge in [-0.3, -0.25) is 4.79 Å². The Bertz CT molecular complexity index is 1070. The maximum Gasteiger partial charge on any atom is 0.435 e. The molecule has 29 heavy (non-hydrogen) atoms. The number of anilines is 1. The minimum absolute atomic E-state index is 0.184. The highest BCUT2D eigenvalue weighted by Crippen LogP contribution is 2.30. The molecular weight excluding hydrogens is 385 g/mol. The van der Waals surface area contributed by atoms with E-state index in [0.717, 1.165) is 23.3 Å². The van der Waals surface area contributed by atoms with Gasteiger partial charge in [0.05, 0.1) is 18.5 Å². The number of nitrogens with zero attached hydrogens (tertiary/aromatic N) is 3. The summed E-state index contributed by atoms with van der Waals surface area (Å²) in [4.78, 5) is 12.1. The second-order valence-corrected chi connectivity index (χ2v) is 6.36. The van der Waals surface area contributed by atoms with Crippen LogP contribution in [0.25, 0.3) is 11.8 Å². The summed E-state index contributed by atoms with van der Waals surface area (Å²) in [5.74, 6) is 0.513. The van der Waals surface area contributed by atoms with Crippen LogP contribution in [0.3, 0.4) is 0 Å². The number of fused-ring (bicyclic) bond motifs is 1. The third kappa shape index (κ3) is 4.13. The van der Waals surface area contributed by atoms with Crippen LogP contribution in [0.15, 0.2) is 54.7 Å². The van der Waals surface area contributed by atoms with Crippen molar-refractivity contribution in [3.63, 3.8) is 0 Å². The highest BCUT2D eigenvalue weighted by molar-refractivity contribution is 6.02. The lowest BCUT2D eigenvalue weighted by Gasteiger charge is -2.09. The van der Waals surface area contributed by atoms with Crippen LogP contribution in [0, 0.1) is 0 Å². The highest BCUT2D eigenvalue weighted by atomic mass is 19.4. The van der Waals surface area contributed by atoms with Gasteiger partial charge in [-0.2, -0.15) is 13.2 Å². The molecule has 0 fully saturated rings. The van der Waals surface area contributed by atoms with E-state index < -0.39 is 11.9 Å². The SMILES string of the molecule is O=C(/C=C\c1ccc2c(c1)CCO2)Nc1ccc(-n2nncc2C(F)(F)F)cc1. The van der Waals surface area contributed by atoms with Gasteiger partial charge in [-0.25, -0.2) is 4.68 Å². The highest BCUT2D eigenvalue weighted by Gasteiger charge is 2.36. The maximum atomic E-state index is 12.9. The summed E-state index contributed by atoms with van der Waals surface area (Å²) in [6, 6.07) is 11.5. The summed E-state index contributed by atoms with van der Waals surface area (Å²) in [5, 5.41) is 9.45. The number of aromatic nitrogens is 3. The number of alkyl halides is 3. The first kappa shape index (κ1) is 18.7. The molecule has 3 aromatic rings. The number of hydrogen-bond acceptors (Lipinski definition) is 4. The minimum atomic E-state index is -4.56. The summed E-state index contributed by atoms with van der Waals surface area (Å²) in [7, 11) is 0. The van der Waals surface area contributed by atoms with E-state index in [-0.39, 0.29) is 11.6 Å². The van der Waals surface area contributed by atoms with Gasteiger partial charge in [-0.1, -0.05) is 11.3 Å². The number of hydrogen-bond donors (Lipinski definition) is 1. The van der Waals surface area contributed by atoms with Crippen molar-refractivity contribution in [1.29, 1.82) is 0 Å². The molecule has 1 N–H and O–H groups in total. The standard InChI is InChI=1S/C20H15F3N4O2/c21-20(22,23)18-12-24-26-27(18)16-5-3-15(4-6-16)25-19(28)8-2-13-1-7-17-14(11-13)9-10-29-17/h1-8,11-12H,9-10H2,(H,25,28)/b8-2-. The van der Waals surface area contributed by atoms with Gasteiger partial charge in [-0.05, 0) is 53.6 Å². The molecule has 0 spiro atoms. The Kier molecular flexibility index (Phi) is 4.79. The smallest absolute Gasteiger partial charge is 0.435 e. The van der Waals surface area contributed by atoms with Gasteiger partial charge in [0.1, 0.15) is 5.75 Å². The molecular formula is C20H15F3N4O2. The Hall–Kier alpha value is -3.62. The van der Waals surface area contributed by atoms with Crippen LogP contribution in [-0.4, -0.2) is 27.5 Å². The van der Waals surface area contributed by atoms with Crippen molar-refractivity contribution in [1.82, 2.24) is 15.0 Å². The van der Waals surface area contributed by atoms with Crippen LogP contribution in [0.2, 0.25) is 0 Å². The van der Waals surface area contributed by atoms with Gasteiger partial charge in [0.2, 0.25) is 5.91 Å². The molecule has 0 bridgehead atoms. The van der Waals surface area contributed by atoms with Gasteiger partial charge in [0.25, 0.3) is 0 Å². The molecule has 1 amide bonds. The van der Waals surface area contributed by atoms with Crippen LogP contribution in [0.4, 0.5) is 18.9 Å². The molecule has 1 aliphatic heterocycles. The Morgan fingerprint density at radius 3 is 2.72 bits per heavy atom. The molecule has 0 unspecified atom stereocenters. The Balaban J connectivity index is 1.42. The molecule has 2 aromatic carbocycles. The molecule has 0 radical (unpaired) electrons. The second kappa shape index (κ2) is 7.42. The largest absolute Gasteiger partial charge is 0.493 e. The normalized spacial score (nSPS) is 13.3. The van der Waals surface area contributed by atoms with E-state index in [0.29, 0.717) is 23.2 Å². The van der Waals surface area contributed by atoms with Gasteiger partial charge in [-0.15, -0.1) is 5.10 Å². The van der Waals surface area contributed by atoms with E-state index in [1.54, 1.807) is 6.08 Å². The van der Waals surface area contributed by atoms with E-state index >= 15 is 0 Å². The summed E-state index contributed by atoms with van der Waals surface area (Å²) < 4.78 is 45.0. The molecule has 2 heterocycles. The first-order valence-corrected chi connectivity index (χ1v) is 8.73. The fourth-order valence-electron chi connectivity index (χ4n) is 2.97. The van der Waals surface area contributed by atoms with Crippen LogP contribution < -0.4 is 10.1 Å². The Labute approximate surface area is 163 Å². The van der Waals surface area contributed by atoms with Gasteiger partial charge in [0, 0.05) is 18.2 Å². The average molecular weight is 400 g/mol. The first-order chi connectivity index (χ1) is 13.9. The summed E-state index contributed by atoms with van der Waals surface area (Å²) in [5.41, 5.74) is 1.64. The number of benzene rings is 2. The molecule has 6 nitrogen and oxygen atoms in total. The molecule has 0 saturated heterocycles. The Morgan fingerprint density at radius 2 is 1.97 bits per heavy atom. The zero-order valence-electron chi connectivity index (χ0n) is 15.0. The van der Waals surface area contributed by atoms with E-state index in [9.17, 15) is 18.0 Å². The van der Waals surface area contributed by atoms with E-state index in [1.807, 2.05) is 18.2 Å². The van der Waals surface area contributed by atoms with E-state index in [2.05, 4.69) is 15.6 Å². The van der Waals surface area contributed by atoms with Crippen molar-refractivity contribution in [3.8, 4) is 11.4 Å². The third-order valence-electron chi connectivity index (χ3n) is 4.36. The summed E-state index contributed by atoms with van der Waals surface area (Å²) >= 11 is 0. The van der Waals surface area contributed by atoms with E-state index in [4.69, 9.17) is 4.74 Å². The van der Waals surface area contributed by atoms with Gasteiger partial charge >= 0.3 is 6.18 Å². The van der Waals surface area contributed by atoms with E-state index in [1.165, 1.54) is 30.3 Å². The third-order valence-corrected chi connectivity index (χ3v) is 4.36. The topological polar surface area (TPSA) is 69.0 Å². The lowest BCUT2D eigenvalue weighted by Crippen LogP contribution is -2.13.